The second-order valence-electron chi connectivity index (χ2n) is 6.29. The van der Waals surface area contributed by atoms with Crippen LogP contribution in [0.4, 0.5) is 14.5 Å². The van der Waals surface area contributed by atoms with Gasteiger partial charge in [0, 0.05) is 0 Å². The average molecular weight is 418 g/mol. The predicted molar refractivity (Wildman–Crippen MR) is 111 cm³/mol. The van der Waals surface area contributed by atoms with Crippen LogP contribution in [0.25, 0.3) is 6.08 Å². The molecule has 0 spiro atoms. The first kappa shape index (κ1) is 20.9. The first-order valence-electron chi connectivity index (χ1n) is 8.94. The van der Waals surface area contributed by atoms with Gasteiger partial charge in [-0.25, -0.2) is 4.99 Å². The zero-order chi connectivity index (χ0) is 21.0. The summed E-state index contributed by atoms with van der Waals surface area (Å²) in [7, 11) is 0. The highest BCUT2D eigenvalue weighted by Crippen LogP contribution is 2.33. The molecule has 2 aromatic rings. The highest BCUT2D eigenvalue weighted by molar-refractivity contribution is 8.18. The van der Waals surface area contributed by atoms with E-state index in [1.807, 2.05) is 32.0 Å². The van der Waals surface area contributed by atoms with E-state index in [0.717, 1.165) is 16.8 Å². The van der Waals surface area contributed by atoms with Gasteiger partial charge in [-0.2, -0.15) is 8.78 Å². The molecule has 1 amide bonds. The number of hydrogen-bond donors (Lipinski definition) is 1. The number of nitrogens with one attached hydrogen (secondary N) is 1. The summed E-state index contributed by atoms with van der Waals surface area (Å²) in [6.45, 7) is 3.02. The van der Waals surface area contributed by atoms with Gasteiger partial charge in [0.1, 0.15) is 0 Å². The number of amidine groups is 1. The number of carbonyl (C=O) groups excluding carboxylic acids is 1. The van der Waals surface area contributed by atoms with Crippen molar-refractivity contribution in [3.05, 3.63) is 58.0 Å². The van der Waals surface area contributed by atoms with Crippen molar-refractivity contribution in [2.75, 3.05) is 6.61 Å². The third-order valence-electron chi connectivity index (χ3n) is 4.02. The van der Waals surface area contributed by atoms with Crippen LogP contribution in [0.1, 0.15) is 23.6 Å². The third-order valence-corrected chi connectivity index (χ3v) is 4.93. The van der Waals surface area contributed by atoms with Crippen LogP contribution in [0.5, 0.6) is 11.5 Å². The molecule has 0 aliphatic carbocycles. The second-order valence-corrected chi connectivity index (χ2v) is 7.32. The maximum absolute atomic E-state index is 12.5. The largest absolute Gasteiger partial charge is 0.490 e. The van der Waals surface area contributed by atoms with Crippen LogP contribution in [-0.2, 0) is 4.79 Å². The first-order chi connectivity index (χ1) is 13.9. The van der Waals surface area contributed by atoms with Crippen LogP contribution in [0.15, 0.2) is 46.3 Å². The molecule has 1 aliphatic rings. The van der Waals surface area contributed by atoms with E-state index >= 15 is 0 Å². The summed E-state index contributed by atoms with van der Waals surface area (Å²) in [5.74, 6) is -0.135. The van der Waals surface area contributed by atoms with E-state index in [1.54, 1.807) is 25.1 Å². The van der Waals surface area contributed by atoms with E-state index in [9.17, 15) is 13.6 Å². The Morgan fingerprint density at radius 2 is 1.97 bits per heavy atom. The number of halogens is 2. The van der Waals surface area contributed by atoms with Crippen LogP contribution in [0.2, 0.25) is 0 Å². The van der Waals surface area contributed by atoms with E-state index < -0.39 is 6.61 Å². The van der Waals surface area contributed by atoms with Gasteiger partial charge in [-0.15, -0.1) is 0 Å². The molecule has 2 aromatic carbocycles. The summed E-state index contributed by atoms with van der Waals surface area (Å²) >= 11 is 1.22. The molecule has 1 heterocycles. The minimum Gasteiger partial charge on any atom is -0.490 e. The van der Waals surface area contributed by atoms with Crippen molar-refractivity contribution in [2.24, 2.45) is 4.99 Å². The lowest BCUT2D eigenvalue weighted by molar-refractivity contribution is -0.115. The quantitative estimate of drug-likeness (QED) is 0.656. The number of alkyl halides is 2. The normalized spacial score (nSPS) is 16.6. The maximum Gasteiger partial charge on any atom is 0.387 e. The molecule has 29 heavy (non-hydrogen) atoms. The Balaban J connectivity index is 1.85. The molecule has 0 aromatic heterocycles. The molecule has 0 bridgehead atoms. The number of benzene rings is 2. The van der Waals surface area contributed by atoms with Crippen LogP contribution in [-0.4, -0.2) is 24.3 Å². The van der Waals surface area contributed by atoms with Crippen molar-refractivity contribution >= 4 is 34.6 Å². The van der Waals surface area contributed by atoms with E-state index in [4.69, 9.17) is 4.74 Å². The Kier molecular flexibility index (Phi) is 6.53. The van der Waals surface area contributed by atoms with E-state index in [2.05, 4.69) is 15.0 Å². The Hall–Kier alpha value is -2.87. The summed E-state index contributed by atoms with van der Waals surface area (Å²) in [5.41, 5.74) is 3.50. The van der Waals surface area contributed by atoms with E-state index in [0.29, 0.717) is 22.2 Å². The fourth-order valence-corrected chi connectivity index (χ4v) is 3.49. The topological polar surface area (TPSA) is 59.9 Å². The van der Waals surface area contributed by atoms with Gasteiger partial charge < -0.3 is 14.8 Å². The Labute approximate surface area is 171 Å². The van der Waals surface area contributed by atoms with Crippen molar-refractivity contribution in [1.82, 2.24) is 5.32 Å². The number of thioether (sulfide) groups is 1. The van der Waals surface area contributed by atoms with Crippen LogP contribution >= 0.6 is 11.8 Å². The van der Waals surface area contributed by atoms with Crippen LogP contribution in [0, 0.1) is 13.8 Å². The standard InChI is InChI=1S/C21H20F2N2O3S/c1-4-27-17-10-14(7-8-16(17)28-20(22)23)11-18-19(26)25-21(29-18)24-15-9-12(2)5-6-13(15)3/h5-11,20H,4H2,1-3H3,(H,24,25,26). The third kappa shape index (κ3) is 5.35. The summed E-state index contributed by atoms with van der Waals surface area (Å²) < 4.78 is 34.9. The number of carbonyl (C=O) groups is 1. The summed E-state index contributed by atoms with van der Waals surface area (Å²) in [4.78, 5) is 17.3. The van der Waals surface area contributed by atoms with Crippen LogP contribution < -0.4 is 14.8 Å². The predicted octanol–water partition coefficient (Wildman–Crippen LogP) is 5.20. The van der Waals surface area contributed by atoms with Gasteiger partial charge in [0.2, 0.25) is 0 Å². The fraction of sp³-hybridized carbons (Fsp3) is 0.238. The number of amides is 1. The Bertz CT molecular complexity index is 990. The minimum absolute atomic E-state index is 0.0512. The van der Waals surface area contributed by atoms with Crippen molar-refractivity contribution in [3.8, 4) is 11.5 Å². The van der Waals surface area contributed by atoms with Gasteiger partial charge in [-0.3, -0.25) is 4.79 Å². The molecular weight excluding hydrogens is 398 g/mol. The fourth-order valence-electron chi connectivity index (χ4n) is 2.66. The van der Waals surface area contributed by atoms with Crippen LogP contribution in [0.3, 0.4) is 0 Å². The number of nitrogens with zero attached hydrogens (tertiary/aromatic N) is 1. The Morgan fingerprint density at radius 3 is 2.69 bits per heavy atom. The molecule has 1 aliphatic heterocycles. The van der Waals surface area contributed by atoms with Crippen molar-refractivity contribution in [2.45, 2.75) is 27.4 Å². The molecule has 0 saturated carbocycles. The maximum atomic E-state index is 12.5. The summed E-state index contributed by atoms with van der Waals surface area (Å²) in [6.07, 6.45) is 1.65. The van der Waals surface area contributed by atoms with Gasteiger partial charge in [-0.1, -0.05) is 18.2 Å². The Morgan fingerprint density at radius 1 is 1.17 bits per heavy atom. The number of ether oxygens (including phenoxy) is 2. The number of rotatable bonds is 6. The lowest BCUT2D eigenvalue weighted by Crippen LogP contribution is -2.19. The van der Waals surface area contributed by atoms with Gasteiger partial charge >= 0.3 is 6.61 Å². The highest BCUT2D eigenvalue weighted by atomic mass is 32.2. The molecule has 0 radical (unpaired) electrons. The molecule has 1 fully saturated rings. The van der Waals surface area contributed by atoms with Gasteiger partial charge in [0.05, 0.1) is 17.2 Å². The van der Waals surface area contributed by atoms with Gasteiger partial charge in [-0.05, 0) is 73.5 Å². The summed E-state index contributed by atoms with van der Waals surface area (Å²) in [6, 6.07) is 10.5. The number of aliphatic imine (C=N–C) groups is 1. The van der Waals surface area contributed by atoms with Gasteiger partial charge in [0.25, 0.3) is 5.91 Å². The zero-order valence-electron chi connectivity index (χ0n) is 16.2. The molecule has 3 rings (SSSR count). The lowest BCUT2D eigenvalue weighted by Gasteiger charge is -2.11. The molecule has 5 nitrogen and oxygen atoms in total. The molecule has 1 N–H and O–H groups in total. The van der Waals surface area contributed by atoms with E-state index in [-0.39, 0.29) is 17.4 Å². The summed E-state index contributed by atoms with van der Waals surface area (Å²) in [5, 5.41) is 3.23. The SMILES string of the molecule is CCOc1cc(C=C2SC(=Nc3cc(C)ccc3C)NC2=O)ccc1OC(F)F. The van der Waals surface area contributed by atoms with Crippen molar-refractivity contribution in [1.29, 1.82) is 0 Å². The molecule has 0 unspecified atom stereocenters. The van der Waals surface area contributed by atoms with Crippen molar-refractivity contribution in [3.63, 3.8) is 0 Å². The van der Waals surface area contributed by atoms with Gasteiger partial charge in [0.15, 0.2) is 16.7 Å². The smallest absolute Gasteiger partial charge is 0.387 e. The van der Waals surface area contributed by atoms with Crippen molar-refractivity contribution < 1.29 is 23.0 Å². The number of aryl methyl sites for hydroxylation is 2. The average Bonchev–Trinajstić information content (AvgIpc) is 2.99. The molecule has 0 atom stereocenters. The first-order valence-corrected chi connectivity index (χ1v) is 9.76. The molecule has 8 heteroatoms. The molecule has 1 saturated heterocycles. The number of hydrogen-bond acceptors (Lipinski definition) is 5. The molecular formula is C21H20F2N2O3S. The highest BCUT2D eigenvalue weighted by Gasteiger charge is 2.24. The van der Waals surface area contributed by atoms with E-state index in [1.165, 1.54) is 17.8 Å². The molecule has 152 valence electrons. The zero-order valence-corrected chi connectivity index (χ0v) is 17.0. The monoisotopic (exact) mass is 418 g/mol. The lowest BCUT2D eigenvalue weighted by atomic mass is 10.1. The second kappa shape index (κ2) is 9.09. The minimum atomic E-state index is -2.95.